The highest BCUT2D eigenvalue weighted by Gasteiger charge is 2.21. The summed E-state index contributed by atoms with van der Waals surface area (Å²) in [5, 5.41) is 2.97. The lowest BCUT2D eigenvalue weighted by Gasteiger charge is -2.29. The lowest BCUT2D eigenvalue weighted by Crippen LogP contribution is -2.39. The Morgan fingerprint density at radius 1 is 1.36 bits per heavy atom. The van der Waals surface area contributed by atoms with E-state index in [-0.39, 0.29) is 6.03 Å². The first-order valence-electron chi connectivity index (χ1n) is 5.56. The number of urea groups is 1. The minimum Gasteiger partial charge on any atom is -0.338 e. The van der Waals surface area contributed by atoms with Gasteiger partial charge in [-0.05, 0) is 18.3 Å². The Balaban J connectivity index is 2.26. The normalized spacial score (nSPS) is 27.1. The maximum atomic E-state index is 11.3. The minimum absolute atomic E-state index is 0.0303. The topological polar surface area (TPSA) is 32.3 Å². The first-order chi connectivity index (χ1) is 6.61. The molecule has 0 heterocycles. The highest BCUT2D eigenvalue weighted by molar-refractivity contribution is 5.73. The van der Waals surface area contributed by atoms with E-state index >= 15 is 0 Å². The van der Waals surface area contributed by atoms with Gasteiger partial charge in [-0.1, -0.05) is 26.2 Å². The molecular weight excluding hydrogens is 176 g/mol. The van der Waals surface area contributed by atoms with Gasteiger partial charge in [-0.3, -0.25) is 0 Å². The van der Waals surface area contributed by atoms with Gasteiger partial charge in [-0.25, -0.2) is 4.79 Å². The molecule has 1 aliphatic carbocycles. The maximum Gasteiger partial charge on any atom is 0.316 e. The zero-order valence-electron chi connectivity index (χ0n) is 9.55. The van der Waals surface area contributed by atoms with Crippen LogP contribution < -0.4 is 5.32 Å². The Kier molecular flexibility index (Phi) is 4.23. The van der Waals surface area contributed by atoms with E-state index in [4.69, 9.17) is 0 Å². The van der Waals surface area contributed by atoms with E-state index in [1.54, 1.807) is 19.0 Å². The second-order valence-corrected chi connectivity index (χ2v) is 4.60. The Bertz CT molecular complexity index is 192. The highest BCUT2D eigenvalue weighted by Crippen LogP contribution is 2.28. The molecule has 0 aliphatic heterocycles. The summed E-state index contributed by atoms with van der Waals surface area (Å²) in [4.78, 5) is 12.9. The van der Waals surface area contributed by atoms with Crippen molar-refractivity contribution in [2.75, 3.05) is 20.6 Å². The number of nitrogens with zero attached hydrogens (tertiary/aromatic N) is 1. The molecule has 14 heavy (non-hydrogen) atoms. The summed E-state index contributed by atoms with van der Waals surface area (Å²) < 4.78 is 0. The number of hydrogen-bond acceptors (Lipinski definition) is 1. The van der Waals surface area contributed by atoms with Crippen molar-refractivity contribution in [2.45, 2.75) is 32.6 Å². The zero-order chi connectivity index (χ0) is 10.6. The minimum atomic E-state index is 0.0303. The fourth-order valence-corrected chi connectivity index (χ4v) is 2.07. The van der Waals surface area contributed by atoms with Crippen LogP contribution in [0.3, 0.4) is 0 Å². The van der Waals surface area contributed by atoms with Gasteiger partial charge in [0.05, 0.1) is 0 Å². The third kappa shape index (κ3) is 3.20. The summed E-state index contributed by atoms with van der Waals surface area (Å²) in [6, 6.07) is 0.0303. The highest BCUT2D eigenvalue weighted by atomic mass is 16.2. The van der Waals surface area contributed by atoms with E-state index in [2.05, 4.69) is 12.2 Å². The molecule has 2 amide bonds. The molecule has 1 saturated carbocycles. The lowest BCUT2D eigenvalue weighted by molar-refractivity contribution is 0.204. The van der Waals surface area contributed by atoms with Crippen molar-refractivity contribution < 1.29 is 4.79 Å². The second-order valence-electron chi connectivity index (χ2n) is 4.60. The Hall–Kier alpha value is -0.730. The van der Waals surface area contributed by atoms with E-state index < -0.39 is 0 Å². The van der Waals surface area contributed by atoms with E-state index in [1.165, 1.54) is 25.7 Å². The molecule has 0 radical (unpaired) electrons. The van der Waals surface area contributed by atoms with E-state index in [1.807, 2.05) is 0 Å². The monoisotopic (exact) mass is 198 g/mol. The van der Waals surface area contributed by atoms with Crippen LogP contribution in [0.25, 0.3) is 0 Å². The third-order valence-electron chi connectivity index (χ3n) is 3.21. The Morgan fingerprint density at radius 2 is 2.00 bits per heavy atom. The van der Waals surface area contributed by atoms with Crippen LogP contribution in [0.2, 0.25) is 0 Å². The van der Waals surface area contributed by atoms with Crippen molar-refractivity contribution >= 4 is 6.03 Å². The van der Waals surface area contributed by atoms with Gasteiger partial charge in [0, 0.05) is 20.6 Å². The van der Waals surface area contributed by atoms with Gasteiger partial charge < -0.3 is 10.2 Å². The largest absolute Gasteiger partial charge is 0.338 e. The molecule has 3 heteroatoms. The van der Waals surface area contributed by atoms with E-state index in [0.717, 1.165) is 12.5 Å². The molecule has 82 valence electrons. The van der Waals surface area contributed by atoms with Crippen LogP contribution >= 0.6 is 0 Å². The first kappa shape index (κ1) is 11.3. The first-order valence-corrected chi connectivity index (χ1v) is 5.56. The fourth-order valence-electron chi connectivity index (χ4n) is 2.07. The molecule has 0 spiro atoms. The van der Waals surface area contributed by atoms with E-state index in [9.17, 15) is 4.79 Å². The second kappa shape index (κ2) is 5.23. The molecule has 0 saturated heterocycles. The smallest absolute Gasteiger partial charge is 0.316 e. The Morgan fingerprint density at radius 3 is 2.57 bits per heavy atom. The summed E-state index contributed by atoms with van der Waals surface area (Å²) in [7, 11) is 3.55. The van der Waals surface area contributed by atoms with Crippen LogP contribution in [0, 0.1) is 11.8 Å². The predicted molar refractivity (Wildman–Crippen MR) is 58.2 cm³/mol. The summed E-state index contributed by atoms with van der Waals surface area (Å²) >= 11 is 0. The number of carbonyl (C=O) groups is 1. The summed E-state index contributed by atoms with van der Waals surface area (Å²) in [5.41, 5.74) is 0. The van der Waals surface area contributed by atoms with Gasteiger partial charge in [0.2, 0.25) is 0 Å². The summed E-state index contributed by atoms with van der Waals surface area (Å²) in [5.74, 6) is 1.46. The molecule has 3 nitrogen and oxygen atoms in total. The molecule has 1 N–H and O–H groups in total. The molecule has 1 aliphatic rings. The molecule has 1 rings (SSSR count). The van der Waals surface area contributed by atoms with Crippen molar-refractivity contribution in [1.82, 2.24) is 10.2 Å². The van der Waals surface area contributed by atoms with Gasteiger partial charge in [0.1, 0.15) is 0 Å². The molecular formula is C11H22N2O. The maximum absolute atomic E-state index is 11.3. The predicted octanol–water partition coefficient (Wildman–Crippen LogP) is 2.08. The van der Waals surface area contributed by atoms with Crippen molar-refractivity contribution in [2.24, 2.45) is 11.8 Å². The molecule has 0 aromatic rings. The average molecular weight is 198 g/mol. The number of hydrogen-bond donors (Lipinski definition) is 1. The number of amides is 2. The van der Waals surface area contributed by atoms with Crippen molar-refractivity contribution in [3.05, 3.63) is 0 Å². The quantitative estimate of drug-likeness (QED) is 0.724. The van der Waals surface area contributed by atoms with Crippen LogP contribution in [0.15, 0.2) is 0 Å². The molecule has 0 aromatic heterocycles. The van der Waals surface area contributed by atoms with Gasteiger partial charge in [0.25, 0.3) is 0 Å². The summed E-state index contributed by atoms with van der Waals surface area (Å²) in [6.45, 7) is 3.14. The van der Waals surface area contributed by atoms with Crippen LogP contribution in [-0.2, 0) is 0 Å². The van der Waals surface area contributed by atoms with Crippen LogP contribution in [0.5, 0.6) is 0 Å². The van der Waals surface area contributed by atoms with Gasteiger partial charge >= 0.3 is 6.03 Å². The third-order valence-corrected chi connectivity index (χ3v) is 3.21. The molecule has 1 fully saturated rings. The van der Waals surface area contributed by atoms with Crippen LogP contribution in [0.1, 0.15) is 32.6 Å². The fraction of sp³-hybridized carbons (Fsp3) is 0.909. The van der Waals surface area contributed by atoms with Crippen molar-refractivity contribution in [3.63, 3.8) is 0 Å². The molecule has 0 bridgehead atoms. The number of rotatable bonds is 2. The molecule has 0 aromatic carbocycles. The average Bonchev–Trinajstić information content (AvgIpc) is 2.16. The summed E-state index contributed by atoms with van der Waals surface area (Å²) in [6.07, 6.45) is 5.28. The van der Waals surface area contributed by atoms with Gasteiger partial charge in [-0.2, -0.15) is 0 Å². The van der Waals surface area contributed by atoms with Crippen LogP contribution in [-0.4, -0.2) is 31.6 Å². The zero-order valence-corrected chi connectivity index (χ0v) is 9.55. The van der Waals surface area contributed by atoms with E-state index in [0.29, 0.717) is 5.92 Å². The molecule has 2 atom stereocenters. The number of nitrogens with one attached hydrogen (secondary N) is 1. The van der Waals surface area contributed by atoms with Crippen LogP contribution in [0.4, 0.5) is 4.79 Å². The standard InChI is InChI=1S/C11H22N2O/c1-9-6-4-5-7-10(9)8-12-11(14)13(2)3/h9-10H,4-8H2,1-3H3,(H,12,14). The van der Waals surface area contributed by atoms with Gasteiger partial charge in [0.15, 0.2) is 0 Å². The molecule has 2 unspecified atom stereocenters. The van der Waals surface area contributed by atoms with Crippen molar-refractivity contribution in [3.8, 4) is 0 Å². The van der Waals surface area contributed by atoms with Gasteiger partial charge in [-0.15, -0.1) is 0 Å². The number of carbonyl (C=O) groups excluding carboxylic acids is 1. The van der Waals surface area contributed by atoms with Crippen molar-refractivity contribution in [1.29, 1.82) is 0 Å². The Labute approximate surface area is 86.9 Å². The lowest BCUT2D eigenvalue weighted by atomic mass is 9.80. The SMILES string of the molecule is CC1CCCCC1CNC(=O)N(C)C.